The molecule has 1 heterocycles. The van der Waals surface area contributed by atoms with Crippen molar-refractivity contribution in [2.45, 2.75) is 13.3 Å². The molecule has 0 bridgehead atoms. The predicted octanol–water partition coefficient (Wildman–Crippen LogP) is 5.84. The third-order valence-corrected chi connectivity index (χ3v) is 5.59. The monoisotopic (exact) mass is 489 g/mol. The Morgan fingerprint density at radius 3 is 2.39 bits per heavy atom. The third kappa shape index (κ3) is 4.79. The molecule has 1 amide bonds. The number of hydrogen-bond donors (Lipinski definition) is 1. The van der Waals surface area contributed by atoms with Gasteiger partial charge in [-0.25, -0.2) is 8.78 Å². The van der Waals surface area contributed by atoms with Gasteiger partial charge in [-0.15, -0.1) is 0 Å². The molecule has 0 radical (unpaired) electrons. The number of carbonyl (C=O) groups is 3. The minimum atomic E-state index is -0.733. The smallest absolute Gasteiger partial charge is 0.310 e. The van der Waals surface area contributed by atoms with Gasteiger partial charge in [-0.05, 0) is 72.1 Å². The summed E-state index contributed by atoms with van der Waals surface area (Å²) in [6.45, 7) is 5.17. The maximum absolute atomic E-state index is 14.5. The first-order valence-electron chi connectivity index (χ1n) is 10.9. The number of benzene rings is 3. The van der Waals surface area contributed by atoms with Crippen LogP contribution in [-0.4, -0.2) is 25.3 Å². The number of fused-ring (bicyclic) bond motifs is 1. The summed E-state index contributed by atoms with van der Waals surface area (Å²) in [6, 6.07) is 12.7. The number of ether oxygens (including phenoxy) is 1. The summed E-state index contributed by atoms with van der Waals surface area (Å²) in [6.07, 6.45) is 0.486. The molecule has 1 aromatic heterocycles. The first-order valence-corrected chi connectivity index (χ1v) is 10.9. The van der Waals surface area contributed by atoms with E-state index in [1.807, 2.05) is 0 Å². The largest absolute Gasteiger partial charge is 0.469 e. The average Bonchev–Trinajstić information content (AvgIpc) is 3.21. The average molecular weight is 489 g/mol. The van der Waals surface area contributed by atoms with E-state index in [-0.39, 0.29) is 23.3 Å². The van der Waals surface area contributed by atoms with Gasteiger partial charge in [-0.2, -0.15) is 0 Å². The van der Waals surface area contributed by atoms with E-state index in [0.29, 0.717) is 45.2 Å². The molecule has 0 saturated carbocycles. The molecule has 1 N–H and O–H groups in total. The fraction of sp³-hybridized carbons (Fsp3) is 0.107. The molecule has 0 aliphatic rings. The van der Waals surface area contributed by atoms with Crippen LogP contribution in [0.5, 0.6) is 0 Å². The topological polar surface area (TPSA) is 85.6 Å². The number of methoxy groups -OCH3 is 1. The van der Waals surface area contributed by atoms with Gasteiger partial charge >= 0.3 is 5.97 Å². The van der Waals surface area contributed by atoms with Crippen molar-refractivity contribution in [3.63, 3.8) is 0 Å². The number of aldehydes is 1. The highest BCUT2D eigenvalue weighted by atomic mass is 19.1. The first kappa shape index (κ1) is 24.5. The van der Waals surface area contributed by atoms with Crippen LogP contribution in [0.2, 0.25) is 0 Å². The second-order valence-corrected chi connectivity index (χ2v) is 8.16. The van der Waals surface area contributed by atoms with Gasteiger partial charge < -0.3 is 14.5 Å². The zero-order chi connectivity index (χ0) is 26.0. The number of rotatable bonds is 7. The molecule has 36 heavy (non-hydrogen) atoms. The minimum absolute atomic E-state index is 0.143. The number of esters is 1. The normalized spacial score (nSPS) is 10.8. The van der Waals surface area contributed by atoms with Gasteiger partial charge in [0, 0.05) is 16.6 Å². The molecular weight excluding hydrogens is 468 g/mol. The molecule has 0 spiro atoms. The zero-order valence-corrected chi connectivity index (χ0v) is 19.5. The minimum Gasteiger partial charge on any atom is -0.469 e. The molecule has 8 heteroatoms. The summed E-state index contributed by atoms with van der Waals surface area (Å²) in [5, 5.41) is 2.91. The quantitative estimate of drug-likeness (QED) is 0.261. The molecule has 0 saturated heterocycles. The van der Waals surface area contributed by atoms with E-state index < -0.39 is 23.5 Å². The Labute approximate surface area is 205 Å². The molecular formula is C28H21F2NO5. The van der Waals surface area contributed by atoms with E-state index in [2.05, 4.69) is 11.9 Å². The highest BCUT2D eigenvalue weighted by molar-refractivity contribution is 6.05. The van der Waals surface area contributed by atoms with E-state index in [1.54, 1.807) is 19.1 Å². The molecule has 3 aromatic carbocycles. The fourth-order valence-corrected chi connectivity index (χ4v) is 3.91. The molecule has 0 aliphatic carbocycles. The van der Waals surface area contributed by atoms with Crippen molar-refractivity contribution in [1.82, 2.24) is 5.32 Å². The highest BCUT2D eigenvalue weighted by Gasteiger charge is 2.21. The molecule has 0 aliphatic heterocycles. The lowest BCUT2D eigenvalue weighted by Crippen LogP contribution is -2.22. The number of allylic oxidation sites excluding steroid dienone is 1. The summed E-state index contributed by atoms with van der Waals surface area (Å²) in [5.74, 6) is -2.13. The van der Waals surface area contributed by atoms with Crippen molar-refractivity contribution in [2.24, 2.45) is 0 Å². The fourth-order valence-electron chi connectivity index (χ4n) is 3.91. The predicted molar refractivity (Wildman–Crippen MR) is 130 cm³/mol. The lowest BCUT2D eigenvalue weighted by Gasteiger charge is -2.12. The number of amides is 1. The van der Waals surface area contributed by atoms with Crippen LogP contribution in [0.4, 0.5) is 8.78 Å². The van der Waals surface area contributed by atoms with Crippen LogP contribution >= 0.6 is 0 Å². The molecule has 6 nitrogen and oxygen atoms in total. The van der Waals surface area contributed by atoms with Crippen LogP contribution < -0.4 is 5.32 Å². The van der Waals surface area contributed by atoms with Crippen LogP contribution in [0.25, 0.3) is 33.4 Å². The number of carbonyl (C=O) groups excluding carboxylic acids is 3. The molecule has 4 rings (SSSR count). The van der Waals surface area contributed by atoms with Crippen LogP contribution in [0.3, 0.4) is 0 Å². The standard InChI is InChI=1S/C28H21F2NO5/c1-15(2)31-28(34)22-10-17(6-9-24(22)30)20-13-21-23(14-32)27(16-4-7-19(29)8-5-16)36-25(21)11-18(20)12-26(33)35-3/h4-11,13-14H,1,12H2,2-3H3,(H,31,34). The summed E-state index contributed by atoms with van der Waals surface area (Å²) in [4.78, 5) is 36.7. The van der Waals surface area contributed by atoms with Crippen molar-refractivity contribution in [1.29, 1.82) is 0 Å². The summed E-state index contributed by atoms with van der Waals surface area (Å²) in [7, 11) is 1.25. The lowest BCUT2D eigenvalue weighted by atomic mass is 9.93. The van der Waals surface area contributed by atoms with E-state index in [4.69, 9.17) is 9.15 Å². The Bertz CT molecular complexity index is 1520. The molecule has 0 unspecified atom stereocenters. The molecule has 0 atom stereocenters. The van der Waals surface area contributed by atoms with E-state index >= 15 is 0 Å². The highest BCUT2D eigenvalue weighted by Crippen LogP contribution is 2.37. The second-order valence-electron chi connectivity index (χ2n) is 8.16. The van der Waals surface area contributed by atoms with Crippen LogP contribution in [0.15, 0.2) is 71.3 Å². The molecule has 4 aromatic rings. The van der Waals surface area contributed by atoms with Gasteiger partial charge in [0.1, 0.15) is 23.0 Å². The number of hydrogen-bond acceptors (Lipinski definition) is 5. The Kier molecular flexibility index (Phi) is 6.78. The number of furan rings is 1. The van der Waals surface area contributed by atoms with Crippen molar-refractivity contribution in [3.05, 3.63) is 95.2 Å². The SMILES string of the molecule is C=C(C)NC(=O)c1cc(-c2cc3c(C=O)c(-c4ccc(F)cc4)oc3cc2CC(=O)OC)ccc1F. The molecule has 182 valence electrons. The van der Waals surface area contributed by atoms with Gasteiger partial charge in [0.2, 0.25) is 0 Å². The second kappa shape index (κ2) is 9.95. The van der Waals surface area contributed by atoms with Crippen molar-refractivity contribution in [3.8, 4) is 22.5 Å². The van der Waals surface area contributed by atoms with Crippen LogP contribution in [0, 0.1) is 11.6 Å². The van der Waals surface area contributed by atoms with Gasteiger partial charge in [-0.3, -0.25) is 14.4 Å². The van der Waals surface area contributed by atoms with Gasteiger partial charge in [0.15, 0.2) is 6.29 Å². The van der Waals surface area contributed by atoms with Gasteiger partial charge in [0.25, 0.3) is 5.91 Å². The Hall–Kier alpha value is -4.59. The van der Waals surface area contributed by atoms with Crippen molar-refractivity contribution < 1.29 is 32.3 Å². The van der Waals surface area contributed by atoms with E-state index in [0.717, 1.165) is 6.07 Å². The van der Waals surface area contributed by atoms with E-state index in [1.165, 1.54) is 43.5 Å². The van der Waals surface area contributed by atoms with Crippen molar-refractivity contribution >= 4 is 29.1 Å². The maximum Gasteiger partial charge on any atom is 0.310 e. The summed E-state index contributed by atoms with van der Waals surface area (Å²) in [5.41, 5.74) is 2.56. The molecule has 0 fully saturated rings. The summed E-state index contributed by atoms with van der Waals surface area (Å²) >= 11 is 0. The van der Waals surface area contributed by atoms with Crippen LogP contribution in [-0.2, 0) is 16.0 Å². The Balaban J connectivity index is 1.94. The van der Waals surface area contributed by atoms with Crippen molar-refractivity contribution in [2.75, 3.05) is 7.11 Å². The van der Waals surface area contributed by atoms with Gasteiger partial charge in [-0.1, -0.05) is 12.6 Å². The van der Waals surface area contributed by atoms with Crippen LogP contribution in [0.1, 0.15) is 33.2 Å². The number of halogens is 2. The van der Waals surface area contributed by atoms with E-state index in [9.17, 15) is 23.2 Å². The summed E-state index contributed by atoms with van der Waals surface area (Å²) < 4.78 is 38.7. The number of nitrogens with one attached hydrogen (secondary N) is 1. The maximum atomic E-state index is 14.5. The lowest BCUT2D eigenvalue weighted by molar-refractivity contribution is -0.139. The van der Waals surface area contributed by atoms with Gasteiger partial charge in [0.05, 0.1) is 24.7 Å². The zero-order valence-electron chi connectivity index (χ0n) is 19.5. The third-order valence-electron chi connectivity index (χ3n) is 5.59. The Morgan fingerprint density at radius 1 is 1.06 bits per heavy atom. The Morgan fingerprint density at radius 2 is 1.75 bits per heavy atom. The first-order chi connectivity index (χ1) is 17.2.